The van der Waals surface area contributed by atoms with Gasteiger partial charge in [-0.05, 0) is 50.3 Å². The summed E-state index contributed by atoms with van der Waals surface area (Å²) in [5.74, 6) is 1.48. The molecule has 0 amide bonds. The van der Waals surface area contributed by atoms with Crippen molar-refractivity contribution in [2.24, 2.45) is 11.1 Å². The van der Waals surface area contributed by atoms with E-state index in [0.29, 0.717) is 48.1 Å². The van der Waals surface area contributed by atoms with E-state index >= 15 is 0 Å². The highest BCUT2D eigenvalue weighted by atomic mass is 16.5. The largest absolute Gasteiger partial charge is 0.487 e. The van der Waals surface area contributed by atoms with Gasteiger partial charge in [-0.25, -0.2) is 15.0 Å². The van der Waals surface area contributed by atoms with Crippen molar-refractivity contribution in [3.8, 4) is 28.8 Å². The Morgan fingerprint density at radius 2 is 1.85 bits per heavy atom. The van der Waals surface area contributed by atoms with E-state index < -0.39 is 6.10 Å². The van der Waals surface area contributed by atoms with E-state index in [4.69, 9.17) is 35.0 Å². The zero-order valence-electron chi connectivity index (χ0n) is 27.8. The first kappa shape index (κ1) is 34.7. The third-order valence-corrected chi connectivity index (χ3v) is 8.64. The summed E-state index contributed by atoms with van der Waals surface area (Å²) in [4.78, 5) is 11.7. The third kappa shape index (κ3) is 9.03. The quantitative estimate of drug-likeness (QED) is 0.0809. The van der Waals surface area contributed by atoms with E-state index in [-0.39, 0.29) is 18.5 Å². The Bertz CT molecular complexity index is 1520. The first-order valence-corrected chi connectivity index (χ1v) is 16.4. The van der Waals surface area contributed by atoms with Gasteiger partial charge in [-0.15, -0.1) is 5.10 Å². The van der Waals surface area contributed by atoms with Crippen LogP contribution >= 0.6 is 0 Å². The average molecular weight is 660 g/mol. The molecule has 2 atom stereocenters. The van der Waals surface area contributed by atoms with Crippen molar-refractivity contribution in [1.29, 1.82) is 16.2 Å². The average Bonchev–Trinajstić information content (AvgIpc) is 3.52. The maximum atomic E-state index is 9.62. The molecule has 1 unspecified atom stereocenters. The van der Waals surface area contributed by atoms with Gasteiger partial charge in [0.25, 0.3) is 5.88 Å². The predicted molar refractivity (Wildman–Crippen MR) is 179 cm³/mol. The minimum absolute atomic E-state index is 0.189. The molecular formula is C33H45N11O4. The summed E-state index contributed by atoms with van der Waals surface area (Å²) in [5.41, 5.74) is 9.73. The molecule has 1 aliphatic carbocycles. The summed E-state index contributed by atoms with van der Waals surface area (Å²) >= 11 is 0. The molecule has 3 heterocycles. The number of rotatable bonds is 16. The summed E-state index contributed by atoms with van der Waals surface area (Å²) in [5, 5.41) is 29.5. The van der Waals surface area contributed by atoms with Crippen LogP contribution in [0.1, 0.15) is 51.1 Å². The molecule has 48 heavy (non-hydrogen) atoms. The molecule has 5 rings (SSSR count). The monoisotopic (exact) mass is 659 g/mol. The summed E-state index contributed by atoms with van der Waals surface area (Å²) in [7, 11) is 1.68. The van der Waals surface area contributed by atoms with Gasteiger partial charge in [0, 0.05) is 50.1 Å². The fraction of sp³-hybridized carbons (Fsp3) is 0.545. The summed E-state index contributed by atoms with van der Waals surface area (Å²) in [6.45, 7) is 8.75. The van der Waals surface area contributed by atoms with Crippen molar-refractivity contribution in [1.82, 2.24) is 29.7 Å². The van der Waals surface area contributed by atoms with Crippen molar-refractivity contribution in [3.05, 3.63) is 42.4 Å². The van der Waals surface area contributed by atoms with Crippen LogP contribution in [0, 0.1) is 28.2 Å². The molecule has 3 aromatic rings. The number of aromatic nitrogens is 4. The molecule has 2 aliphatic rings. The molecule has 1 saturated carbocycles. The molecule has 1 aliphatic heterocycles. The minimum atomic E-state index is -0.430. The predicted octanol–water partition coefficient (Wildman–Crippen LogP) is 5.05. The van der Waals surface area contributed by atoms with Gasteiger partial charge in [0.1, 0.15) is 29.9 Å². The first-order valence-electron chi connectivity index (χ1n) is 16.4. The Kier molecular flexibility index (Phi) is 12.2. The Morgan fingerprint density at radius 3 is 2.52 bits per heavy atom. The second kappa shape index (κ2) is 17.0. The van der Waals surface area contributed by atoms with E-state index in [0.717, 1.165) is 74.5 Å². The zero-order chi connectivity index (χ0) is 33.9. The Hall–Kier alpha value is -4.65. The van der Waals surface area contributed by atoms with Crippen LogP contribution in [-0.4, -0.2) is 101 Å². The third-order valence-electron chi connectivity index (χ3n) is 8.64. The highest BCUT2D eigenvalue weighted by Gasteiger charge is 2.29. The fourth-order valence-corrected chi connectivity index (χ4v) is 6.13. The minimum Gasteiger partial charge on any atom is -0.487 e. The standard InChI is InChI=1S/C33H45N11O4/c1-23(20-45-3)21-47-32-30(19-44(40-32)29-8-6-28(7-9-29)42-10-12-46-13-11-42)39-33-37-16-27(17-38-33)25-4-5-26(15-34)31(14-25)48-24(2)18-43(22-35)41-36/h4-5,14,16-17,19,22-24,28-29,35-36H,6-13,18,20-21H2,1-3H3,(H,37,38,39)/t23?,24-,28?,29?/m0/s1. The SMILES string of the molecule is COCC(C)COc1nn(C2CCC(N3CCOCC3)CC2)cc1Nc1ncc(-c2ccc(C#N)c(O[C@@H](C)CN(C=N)N=N)c2)cn1. The molecule has 0 spiro atoms. The number of morpholine rings is 1. The van der Waals surface area contributed by atoms with Crippen LogP contribution in [0.3, 0.4) is 0 Å². The van der Waals surface area contributed by atoms with Crippen LogP contribution in [0.2, 0.25) is 0 Å². The number of anilines is 2. The second-order valence-electron chi connectivity index (χ2n) is 12.3. The molecular weight excluding hydrogens is 614 g/mol. The fourth-order valence-electron chi connectivity index (χ4n) is 6.13. The maximum absolute atomic E-state index is 9.62. The van der Waals surface area contributed by atoms with Gasteiger partial charge >= 0.3 is 0 Å². The van der Waals surface area contributed by atoms with Crippen LogP contribution in [-0.2, 0) is 9.47 Å². The normalized spacial score (nSPS) is 19.5. The molecule has 15 heteroatoms. The topological polar surface area (TPSA) is 183 Å². The van der Waals surface area contributed by atoms with Crippen molar-refractivity contribution in [3.63, 3.8) is 0 Å². The Labute approximate surface area is 281 Å². The number of nitrogens with one attached hydrogen (secondary N) is 3. The molecule has 0 bridgehead atoms. The number of hydrogen-bond donors (Lipinski definition) is 3. The smallest absolute Gasteiger partial charge is 0.256 e. The van der Waals surface area contributed by atoms with Crippen molar-refractivity contribution in [2.75, 3.05) is 58.5 Å². The lowest BCUT2D eigenvalue weighted by atomic mass is 9.90. The summed E-state index contributed by atoms with van der Waals surface area (Å²) < 4.78 is 25.0. The number of benzene rings is 1. The van der Waals surface area contributed by atoms with E-state index in [1.165, 1.54) is 0 Å². The highest BCUT2D eigenvalue weighted by Crippen LogP contribution is 2.35. The number of nitrogens with zero attached hydrogens (tertiary/aromatic N) is 8. The lowest BCUT2D eigenvalue weighted by molar-refractivity contribution is 0.00502. The van der Waals surface area contributed by atoms with Crippen LogP contribution in [0.25, 0.3) is 11.1 Å². The number of methoxy groups -OCH3 is 1. The van der Waals surface area contributed by atoms with Gasteiger partial charge in [-0.1, -0.05) is 18.2 Å². The highest BCUT2D eigenvalue weighted by molar-refractivity contribution is 5.67. The van der Waals surface area contributed by atoms with E-state index in [9.17, 15) is 5.26 Å². The van der Waals surface area contributed by atoms with Gasteiger partial charge < -0.3 is 24.3 Å². The van der Waals surface area contributed by atoms with Crippen LogP contribution in [0.5, 0.6) is 11.6 Å². The zero-order valence-corrected chi connectivity index (χ0v) is 27.8. The molecule has 256 valence electrons. The van der Waals surface area contributed by atoms with Gasteiger partial charge in [-0.3, -0.25) is 15.0 Å². The number of ether oxygens (including phenoxy) is 4. The number of hydrogen-bond acceptors (Lipinski definition) is 13. The van der Waals surface area contributed by atoms with Gasteiger partial charge in [0.15, 0.2) is 0 Å². The Balaban J connectivity index is 1.29. The molecule has 0 radical (unpaired) electrons. The number of nitriles is 1. The van der Waals surface area contributed by atoms with Crippen LogP contribution < -0.4 is 14.8 Å². The lowest BCUT2D eigenvalue weighted by Gasteiger charge is -2.38. The van der Waals surface area contributed by atoms with Crippen LogP contribution in [0.15, 0.2) is 42.0 Å². The Morgan fingerprint density at radius 1 is 1.12 bits per heavy atom. The molecule has 15 nitrogen and oxygen atoms in total. The molecule has 1 aromatic carbocycles. The van der Waals surface area contributed by atoms with Crippen molar-refractivity contribution >= 4 is 18.0 Å². The maximum Gasteiger partial charge on any atom is 0.256 e. The lowest BCUT2D eigenvalue weighted by Crippen LogP contribution is -2.45. The summed E-state index contributed by atoms with van der Waals surface area (Å²) in [6.07, 6.45) is 10.3. The second-order valence-corrected chi connectivity index (χ2v) is 12.3. The van der Waals surface area contributed by atoms with Crippen molar-refractivity contribution < 1.29 is 18.9 Å². The van der Waals surface area contributed by atoms with Crippen LogP contribution in [0.4, 0.5) is 11.6 Å². The first-order chi connectivity index (χ1) is 23.4. The molecule has 3 N–H and O–H groups in total. The molecule has 1 saturated heterocycles. The van der Waals surface area contributed by atoms with Gasteiger partial charge in [0.05, 0.1) is 50.8 Å². The van der Waals surface area contributed by atoms with Crippen molar-refractivity contribution in [2.45, 2.75) is 57.7 Å². The molecule has 2 aromatic heterocycles. The summed E-state index contributed by atoms with van der Waals surface area (Å²) in [6, 6.07) is 8.29. The van der Waals surface area contributed by atoms with Gasteiger partial charge in [0.2, 0.25) is 5.95 Å². The van der Waals surface area contributed by atoms with E-state index in [1.54, 1.807) is 38.6 Å². The van der Waals surface area contributed by atoms with E-state index in [2.05, 4.69) is 38.4 Å². The van der Waals surface area contributed by atoms with Gasteiger partial charge in [-0.2, -0.15) is 10.8 Å². The van der Waals surface area contributed by atoms with E-state index in [1.807, 2.05) is 16.9 Å². The molecule has 2 fully saturated rings.